The molecule has 6 nitrogen and oxygen atoms in total. The van der Waals surface area contributed by atoms with Gasteiger partial charge in [0, 0.05) is 28.8 Å². The predicted octanol–water partition coefficient (Wildman–Crippen LogP) is 3.04. The van der Waals surface area contributed by atoms with Crippen molar-refractivity contribution in [2.75, 3.05) is 13.2 Å². The van der Waals surface area contributed by atoms with Gasteiger partial charge in [0.25, 0.3) is 5.91 Å². The number of hydrogen-bond acceptors (Lipinski definition) is 4. The van der Waals surface area contributed by atoms with E-state index in [1.54, 1.807) is 12.3 Å². The lowest BCUT2D eigenvalue weighted by molar-refractivity contribution is -0.117. The molecular weight excluding hydrogens is 384 g/mol. The first-order valence-corrected chi connectivity index (χ1v) is 8.77. The van der Waals surface area contributed by atoms with Crippen LogP contribution in [0.5, 0.6) is 0 Å². The van der Waals surface area contributed by atoms with E-state index in [1.165, 1.54) is 0 Å². The van der Waals surface area contributed by atoms with Gasteiger partial charge in [0.1, 0.15) is 11.6 Å². The lowest BCUT2D eigenvalue weighted by Crippen LogP contribution is -2.32. The van der Waals surface area contributed by atoms with Crippen LogP contribution in [0.15, 0.2) is 40.5 Å². The number of nitrogens with one attached hydrogen (secondary N) is 2. The van der Waals surface area contributed by atoms with Gasteiger partial charge in [0.15, 0.2) is 0 Å². The van der Waals surface area contributed by atoms with Gasteiger partial charge < -0.3 is 10.1 Å². The van der Waals surface area contributed by atoms with Crippen molar-refractivity contribution < 1.29 is 9.53 Å². The third-order valence-corrected chi connectivity index (χ3v) is 4.51. The van der Waals surface area contributed by atoms with Gasteiger partial charge in [-0.3, -0.25) is 9.89 Å². The number of hydrogen-bond donors (Lipinski definition) is 2. The Morgan fingerprint density at radius 2 is 2.28 bits per heavy atom. The molecule has 7 heteroatoms. The second-order valence-electron chi connectivity index (χ2n) is 5.72. The minimum atomic E-state index is -0.402. The molecule has 1 fully saturated rings. The molecule has 1 aromatic heterocycles. The van der Waals surface area contributed by atoms with Crippen LogP contribution in [0.3, 0.4) is 0 Å². The minimum absolute atomic E-state index is 0.0381. The Labute approximate surface area is 154 Å². The highest BCUT2D eigenvalue weighted by Crippen LogP contribution is 2.24. The van der Waals surface area contributed by atoms with Crippen molar-refractivity contribution in [1.82, 2.24) is 15.5 Å². The fourth-order valence-electron chi connectivity index (χ4n) is 2.66. The lowest BCUT2D eigenvalue weighted by atomic mass is 10.1. The third-order valence-electron chi connectivity index (χ3n) is 3.98. The first-order valence-electron chi connectivity index (χ1n) is 7.98. The van der Waals surface area contributed by atoms with Crippen molar-refractivity contribution in [1.29, 1.82) is 5.26 Å². The SMILES string of the molecule is N#C/C(=C\c1cn[nH]c1-c1ccc(Br)cc1)C(=O)NCC1CCCO1. The first-order chi connectivity index (χ1) is 12.2. The highest BCUT2D eigenvalue weighted by Gasteiger charge is 2.18. The number of aromatic amines is 1. The van der Waals surface area contributed by atoms with Gasteiger partial charge in [-0.25, -0.2) is 0 Å². The molecule has 2 aromatic rings. The maximum Gasteiger partial charge on any atom is 0.262 e. The van der Waals surface area contributed by atoms with Crippen molar-refractivity contribution in [3.63, 3.8) is 0 Å². The van der Waals surface area contributed by atoms with Crippen LogP contribution < -0.4 is 5.32 Å². The van der Waals surface area contributed by atoms with Crippen LogP contribution >= 0.6 is 15.9 Å². The molecule has 2 N–H and O–H groups in total. The number of benzene rings is 1. The van der Waals surface area contributed by atoms with Crippen LogP contribution in [0.25, 0.3) is 17.3 Å². The Hall–Kier alpha value is -2.43. The molecule has 1 aliphatic heterocycles. The molecular formula is C18H17BrN4O2. The van der Waals surface area contributed by atoms with E-state index in [2.05, 4.69) is 31.4 Å². The largest absolute Gasteiger partial charge is 0.376 e. The third kappa shape index (κ3) is 4.35. The standard InChI is InChI=1S/C18H17BrN4O2/c19-15-5-3-12(4-6-15)17-14(10-22-23-17)8-13(9-20)18(24)21-11-16-2-1-7-25-16/h3-6,8,10,16H,1-2,7,11H2,(H,21,24)(H,22,23)/b13-8+. The number of nitriles is 1. The molecule has 1 unspecified atom stereocenters. The van der Waals surface area contributed by atoms with E-state index in [1.807, 2.05) is 30.3 Å². The summed E-state index contributed by atoms with van der Waals surface area (Å²) in [7, 11) is 0. The normalized spacial score (nSPS) is 17.3. The smallest absolute Gasteiger partial charge is 0.262 e. The van der Waals surface area contributed by atoms with Crippen LogP contribution in [0.4, 0.5) is 0 Å². The molecule has 1 aromatic carbocycles. The summed E-state index contributed by atoms with van der Waals surface area (Å²) in [5, 5.41) is 19.1. The van der Waals surface area contributed by atoms with Crippen LogP contribution in [0.2, 0.25) is 0 Å². The van der Waals surface area contributed by atoms with Gasteiger partial charge in [-0.05, 0) is 31.1 Å². The fraction of sp³-hybridized carbons (Fsp3) is 0.278. The van der Waals surface area contributed by atoms with E-state index < -0.39 is 5.91 Å². The minimum Gasteiger partial charge on any atom is -0.376 e. The Balaban J connectivity index is 1.76. The maximum atomic E-state index is 12.3. The number of aromatic nitrogens is 2. The van der Waals surface area contributed by atoms with Gasteiger partial charge >= 0.3 is 0 Å². The van der Waals surface area contributed by atoms with Crippen molar-refractivity contribution in [3.05, 3.63) is 46.1 Å². The Morgan fingerprint density at radius 3 is 2.96 bits per heavy atom. The summed E-state index contributed by atoms with van der Waals surface area (Å²) < 4.78 is 6.44. The molecule has 1 atom stereocenters. The molecule has 3 rings (SSSR count). The van der Waals surface area contributed by atoms with Gasteiger partial charge in [-0.2, -0.15) is 10.4 Å². The van der Waals surface area contributed by atoms with E-state index in [9.17, 15) is 10.1 Å². The van der Waals surface area contributed by atoms with E-state index in [0.29, 0.717) is 12.1 Å². The Kier molecular flexibility index (Phi) is 5.64. The van der Waals surface area contributed by atoms with Crippen molar-refractivity contribution in [3.8, 4) is 17.3 Å². The zero-order valence-electron chi connectivity index (χ0n) is 13.5. The molecule has 2 heterocycles. The van der Waals surface area contributed by atoms with Crippen molar-refractivity contribution in [2.45, 2.75) is 18.9 Å². The summed E-state index contributed by atoms with van der Waals surface area (Å²) in [4.78, 5) is 12.3. The van der Waals surface area contributed by atoms with Crippen LogP contribution in [-0.2, 0) is 9.53 Å². The molecule has 0 radical (unpaired) electrons. The summed E-state index contributed by atoms with van der Waals surface area (Å²) in [6.07, 6.45) is 5.12. The summed E-state index contributed by atoms with van der Waals surface area (Å²) in [5.41, 5.74) is 2.40. The summed E-state index contributed by atoms with van der Waals surface area (Å²) in [6.45, 7) is 1.15. The highest BCUT2D eigenvalue weighted by molar-refractivity contribution is 9.10. The molecule has 0 saturated carbocycles. The molecule has 25 heavy (non-hydrogen) atoms. The number of carbonyl (C=O) groups is 1. The molecule has 1 amide bonds. The summed E-state index contributed by atoms with van der Waals surface area (Å²) in [5.74, 6) is -0.402. The number of nitrogens with zero attached hydrogens (tertiary/aromatic N) is 2. The zero-order chi connectivity index (χ0) is 17.6. The fourth-order valence-corrected chi connectivity index (χ4v) is 2.93. The maximum absolute atomic E-state index is 12.3. The number of amides is 1. The zero-order valence-corrected chi connectivity index (χ0v) is 15.0. The molecule has 1 aliphatic rings. The molecule has 0 aliphatic carbocycles. The Bertz CT molecular complexity index is 814. The number of halogens is 1. The van der Waals surface area contributed by atoms with Crippen molar-refractivity contribution >= 4 is 27.9 Å². The highest BCUT2D eigenvalue weighted by atomic mass is 79.9. The molecule has 0 spiro atoms. The van der Waals surface area contributed by atoms with E-state index in [0.717, 1.165) is 35.2 Å². The van der Waals surface area contributed by atoms with Crippen molar-refractivity contribution in [2.24, 2.45) is 0 Å². The van der Waals surface area contributed by atoms with Crippen LogP contribution in [0, 0.1) is 11.3 Å². The average molecular weight is 401 g/mol. The van der Waals surface area contributed by atoms with Gasteiger partial charge in [-0.15, -0.1) is 0 Å². The van der Waals surface area contributed by atoms with Gasteiger partial charge in [0.2, 0.25) is 0 Å². The van der Waals surface area contributed by atoms with E-state index in [4.69, 9.17) is 4.74 Å². The Morgan fingerprint density at radius 1 is 1.48 bits per heavy atom. The van der Waals surface area contributed by atoms with Crippen LogP contribution in [-0.4, -0.2) is 35.4 Å². The molecule has 0 bridgehead atoms. The topological polar surface area (TPSA) is 90.8 Å². The summed E-state index contributed by atoms with van der Waals surface area (Å²) in [6, 6.07) is 9.66. The second-order valence-corrected chi connectivity index (χ2v) is 6.64. The second kappa shape index (κ2) is 8.10. The summed E-state index contributed by atoms with van der Waals surface area (Å²) >= 11 is 3.40. The van der Waals surface area contributed by atoms with E-state index in [-0.39, 0.29) is 11.7 Å². The van der Waals surface area contributed by atoms with E-state index >= 15 is 0 Å². The molecule has 128 valence electrons. The number of rotatable bonds is 5. The molecule has 1 saturated heterocycles. The number of ether oxygens (including phenoxy) is 1. The average Bonchev–Trinajstić information content (AvgIpc) is 3.30. The monoisotopic (exact) mass is 400 g/mol. The van der Waals surface area contributed by atoms with Gasteiger partial charge in [-0.1, -0.05) is 28.1 Å². The van der Waals surface area contributed by atoms with Crippen LogP contribution in [0.1, 0.15) is 18.4 Å². The number of H-pyrrole nitrogens is 1. The lowest BCUT2D eigenvalue weighted by Gasteiger charge is -2.10. The first kappa shape index (κ1) is 17.4. The quantitative estimate of drug-likeness (QED) is 0.595. The predicted molar refractivity (Wildman–Crippen MR) is 97.3 cm³/mol. The number of carbonyl (C=O) groups excluding carboxylic acids is 1. The van der Waals surface area contributed by atoms with Gasteiger partial charge in [0.05, 0.1) is 18.0 Å².